The number of benzene rings is 2. The maximum absolute atomic E-state index is 15.3. The minimum Gasteiger partial charge on any atom is -0.509 e. The van der Waals surface area contributed by atoms with E-state index >= 15 is 8.78 Å². The molecule has 2 amide bonds. The highest BCUT2D eigenvalue weighted by molar-refractivity contribution is 6.23. The Balaban J connectivity index is 1.63. The third kappa shape index (κ3) is 8.01. The van der Waals surface area contributed by atoms with E-state index in [-0.39, 0.29) is 24.0 Å². The summed E-state index contributed by atoms with van der Waals surface area (Å²) in [6, 6.07) is 1.62. The molecular weight excluding hydrogens is 660 g/mol. The van der Waals surface area contributed by atoms with Gasteiger partial charge < -0.3 is 19.9 Å². The van der Waals surface area contributed by atoms with Crippen molar-refractivity contribution >= 4 is 17.5 Å². The van der Waals surface area contributed by atoms with Crippen molar-refractivity contribution in [3.05, 3.63) is 70.0 Å². The second kappa shape index (κ2) is 13.9. The highest BCUT2D eigenvalue weighted by Crippen LogP contribution is 2.41. The van der Waals surface area contributed by atoms with Crippen LogP contribution >= 0.6 is 0 Å². The average molecular weight is 695 g/mol. The fourth-order valence-electron chi connectivity index (χ4n) is 5.53. The van der Waals surface area contributed by atoms with Crippen molar-refractivity contribution in [3.8, 4) is 5.75 Å². The maximum Gasteiger partial charge on any atom is 0.418 e. The van der Waals surface area contributed by atoms with Crippen molar-refractivity contribution in [2.45, 2.75) is 45.7 Å². The Labute approximate surface area is 270 Å². The number of amides is 2. The molecule has 0 unspecified atom stereocenters. The Bertz CT molecular complexity index is 1570. The molecule has 2 heterocycles. The number of hydrogen-bond acceptors (Lipinski definition) is 7. The van der Waals surface area contributed by atoms with Gasteiger partial charge in [0.25, 0.3) is 11.8 Å². The minimum atomic E-state index is -5.35. The van der Waals surface area contributed by atoms with Gasteiger partial charge in [-0.2, -0.15) is 30.7 Å². The molecule has 1 saturated heterocycles. The molecule has 2 aromatic rings. The van der Waals surface area contributed by atoms with E-state index in [0.29, 0.717) is 45.0 Å². The summed E-state index contributed by atoms with van der Waals surface area (Å²) in [6.07, 6.45) is -10.5. The Morgan fingerprint density at radius 2 is 1.65 bits per heavy atom. The van der Waals surface area contributed by atoms with Gasteiger partial charge in [-0.1, -0.05) is 26.8 Å². The van der Waals surface area contributed by atoms with Crippen LogP contribution in [-0.2, 0) is 33.2 Å². The van der Waals surface area contributed by atoms with Crippen LogP contribution in [0, 0.1) is 17.0 Å². The molecule has 2 N–H and O–H groups in total. The van der Waals surface area contributed by atoms with Crippen LogP contribution in [0.2, 0.25) is 0 Å². The van der Waals surface area contributed by atoms with Crippen molar-refractivity contribution in [2.24, 2.45) is 5.41 Å². The van der Waals surface area contributed by atoms with E-state index in [1.165, 1.54) is 12.1 Å². The number of carbonyl (C=O) groups excluding carboxylic acids is 2. The number of hydrazine groups is 1. The number of nitrogens with one attached hydrogen (secondary N) is 1. The first-order valence-electron chi connectivity index (χ1n) is 14.7. The van der Waals surface area contributed by atoms with Crippen LogP contribution in [0.3, 0.4) is 0 Å². The molecule has 4 rings (SSSR count). The molecule has 2 aromatic carbocycles. The van der Waals surface area contributed by atoms with E-state index in [1.54, 1.807) is 26.1 Å². The lowest BCUT2D eigenvalue weighted by molar-refractivity contribution is -0.158. The fraction of sp³-hybridized carbons (Fsp3) is 0.484. The average Bonchev–Trinajstić information content (AvgIpc) is 2.97. The zero-order chi connectivity index (χ0) is 35.8. The standard InChI is InChI=1S/C31H34F8N4O5/c1-29(2,3)26-25(44)22(27(45)40-20-7-6-18(30(34,35)36)15-19(20)31(37,38)39)28(46)43(41(26)4)16-17-5-8-21(24(33)23(17)32)48-14-11-42-9-12-47-13-10-42/h5-8,15,26,44H,9-14,16H2,1-4H3,(H,40,45)/t26-/m1/s1. The number of rotatable bonds is 8. The molecule has 0 bridgehead atoms. The van der Waals surface area contributed by atoms with E-state index in [2.05, 4.69) is 0 Å². The maximum atomic E-state index is 15.3. The molecule has 264 valence electrons. The lowest BCUT2D eigenvalue weighted by atomic mass is 9.82. The van der Waals surface area contributed by atoms with Crippen LogP contribution < -0.4 is 10.1 Å². The van der Waals surface area contributed by atoms with Gasteiger partial charge in [0.2, 0.25) is 5.82 Å². The summed E-state index contributed by atoms with van der Waals surface area (Å²) in [5, 5.41) is 14.9. The number of likely N-dealkylation sites (N-methyl/N-ethyl adjacent to an activating group) is 1. The van der Waals surface area contributed by atoms with E-state index < -0.39 is 81.9 Å². The summed E-state index contributed by atoms with van der Waals surface area (Å²) in [5.41, 5.74) is -6.94. The van der Waals surface area contributed by atoms with Gasteiger partial charge in [-0.3, -0.25) is 19.5 Å². The molecule has 0 aliphatic carbocycles. The van der Waals surface area contributed by atoms with Crippen molar-refractivity contribution in [2.75, 3.05) is 51.8 Å². The molecule has 0 radical (unpaired) electrons. The second-order valence-corrected chi connectivity index (χ2v) is 12.3. The third-order valence-electron chi connectivity index (χ3n) is 7.88. The monoisotopic (exact) mass is 694 g/mol. The normalized spacial score (nSPS) is 18.8. The summed E-state index contributed by atoms with van der Waals surface area (Å²) in [7, 11) is 1.33. The lowest BCUT2D eigenvalue weighted by Crippen LogP contribution is -2.59. The smallest absolute Gasteiger partial charge is 0.418 e. The Kier molecular flexibility index (Phi) is 10.7. The number of anilines is 1. The van der Waals surface area contributed by atoms with E-state index in [9.17, 15) is 41.0 Å². The Morgan fingerprint density at radius 1 is 1.00 bits per heavy atom. The predicted molar refractivity (Wildman–Crippen MR) is 155 cm³/mol. The Hall–Kier alpha value is -3.96. The molecule has 1 fully saturated rings. The van der Waals surface area contributed by atoms with Gasteiger partial charge in [0.15, 0.2) is 11.6 Å². The number of ether oxygens (including phenoxy) is 2. The van der Waals surface area contributed by atoms with Gasteiger partial charge in [0, 0.05) is 32.2 Å². The molecule has 1 atom stereocenters. The van der Waals surface area contributed by atoms with Crippen molar-refractivity contribution in [1.82, 2.24) is 14.9 Å². The molecule has 9 nitrogen and oxygen atoms in total. The van der Waals surface area contributed by atoms with Gasteiger partial charge in [-0.05, 0) is 29.7 Å². The molecule has 48 heavy (non-hydrogen) atoms. The van der Waals surface area contributed by atoms with Crippen LogP contribution in [0.1, 0.15) is 37.5 Å². The predicted octanol–water partition coefficient (Wildman–Crippen LogP) is 5.77. The number of hydrogen-bond donors (Lipinski definition) is 2. The number of aliphatic hydroxyl groups is 1. The lowest BCUT2D eigenvalue weighted by Gasteiger charge is -2.46. The summed E-state index contributed by atoms with van der Waals surface area (Å²) in [4.78, 5) is 29.0. The highest BCUT2D eigenvalue weighted by atomic mass is 19.4. The van der Waals surface area contributed by atoms with Gasteiger partial charge in [0.05, 0.1) is 42.6 Å². The van der Waals surface area contributed by atoms with Crippen molar-refractivity contribution in [3.63, 3.8) is 0 Å². The molecule has 17 heteroatoms. The highest BCUT2D eigenvalue weighted by Gasteiger charge is 2.47. The number of morpholine rings is 1. The topological polar surface area (TPSA) is 94.6 Å². The fourth-order valence-corrected chi connectivity index (χ4v) is 5.53. The molecule has 0 spiro atoms. The Morgan fingerprint density at radius 3 is 2.23 bits per heavy atom. The number of carbonyl (C=O) groups is 2. The van der Waals surface area contributed by atoms with E-state index in [0.717, 1.165) is 17.1 Å². The SMILES string of the molecule is CN1[C@@H](C(C)(C)C)C(O)=C(C(=O)Nc2ccc(C(F)(F)F)cc2C(F)(F)F)C(=O)N1Cc1ccc(OCCN2CCOCC2)c(F)c1F. The van der Waals surface area contributed by atoms with Gasteiger partial charge in [0.1, 0.15) is 17.9 Å². The van der Waals surface area contributed by atoms with Crippen LogP contribution in [0.5, 0.6) is 5.75 Å². The first-order valence-corrected chi connectivity index (χ1v) is 14.7. The van der Waals surface area contributed by atoms with Crippen molar-refractivity contribution in [1.29, 1.82) is 0 Å². The van der Waals surface area contributed by atoms with Crippen LogP contribution in [0.15, 0.2) is 41.7 Å². The number of alkyl halides is 6. The number of nitrogens with zero attached hydrogens (tertiary/aromatic N) is 3. The zero-order valence-electron chi connectivity index (χ0n) is 26.4. The van der Waals surface area contributed by atoms with Crippen LogP contribution in [0.4, 0.5) is 40.8 Å². The van der Waals surface area contributed by atoms with E-state index in [4.69, 9.17) is 9.47 Å². The van der Waals surface area contributed by atoms with Crippen molar-refractivity contribution < 1.29 is 59.3 Å². The van der Waals surface area contributed by atoms with Crippen LogP contribution in [-0.4, -0.2) is 84.4 Å². The summed E-state index contributed by atoms with van der Waals surface area (Å²) in [6.45, 7) is 7.01. The molecule has 2 aliphatic heterocycles. The summed E-state index contributed by atoms with van der Waals surface area (Å²) < 4.78 is 122. The molecule has 0 aromatic heterocycles. The third-order valence-corrected chi connectivity index (χ3v) is 7.88. The van der Waals surface area contributed by atoms with Gasteiger partial charge >= 0.3 is 12.4 Å². The minimum absolute atomic E-state index is 0.0495. The number of halogens is 8. The van der Waals surface area contributed by atoms with Gasteiger partial charge in [-0.25, -0.2) is 9.40 Å². The first kappa shape index (κ1) is 36.9. The molecule has 0 saturated carbocycles. The molecule has 2 aliphatic rings. The first-order chi connectivity index (χ1) is 22.2. The van der Waals surface area contributed by atoms with Crippen LogP contribution in [0.25, 0.3) is 0 Å². The molecular formula is C31H34F8N4O5. The summed E-state index contributed by atoms with van der Waals surface area (Å²) >= 11 is 0. The van der Waals surface area contributed by atoms with Gasteiger partial charge in [-0.15, -0.1) is 0 Å². The van der Waals surface area contributed by atoms with E-state index in [1.807, 2.05) is 4.90 Å². The quantitative estimate of drug-likeness (QED) is 0.268. The zero-order valence-corrected chi connectivity index (χ0v) is 26.4. The number of aliphatic hydroxyl groups excluding tert-OH is 1. The summed E-state index contributed by atoms with van der Waals surface area (Å²) in [5.74, 6) is -6.79. The second-order valence-electron chi connectivity index (χ2n) is 12.3. The largest absolute Gasteiger partial charge is 0.509 e.